The van der Waals surface area contributed by atoms with E-state index in [1.54, 1.807) is 18.6 Å². The molecule has 0 aliphatic carbocycles. The first kappa shape index (κ1) is 11.1. The number of rotatable bonds is 5. The van der Waals surface area contributed by atoms with Gasteiger partial charge >= 0.3 is 0 Å². The number of nitrogens with one attached hydrogen (secondary N) is 1. The van der Waals surface area contributed by atoms with E-state index in [-0.39, 0.29) is 18.6 Å². The fraction of sp³-hybridized carbons (Fsp3) is 0.600. The zero-order valence-corrected chi connectivity index (χ0v) is 8.64. The average Bonchev–Trinajstić information content (AvgIpc) is 2.26. The van der Waals surface area contributed by atoms with Crippen LogP contribution in [0.4, 0.5) is 0 Å². The third-order valence-electron chi connectivity index (χ3n) is 2.11. The van der Waals surface area contributed by atoms with Crippen molar-refractivity contribution in [3.8, 4) is 0 Å². The van der Waals surface area contributed by atoms with Crippen molar-refractivity contribution in [1.82, 2.24) is 15.3 Å². The SMILES string of the molecule is CC(CO)CNC(C)c1cnccn1. The number of hydrogen-bond acceptors (Lipinski definition) is 4. The molecule has 1 rings (SSSR count). The summed E-state index contributed by atoms with van der Waals surface area (Å²) in [6, 6.07) is 0.178. The molecule has 0 amide bonds. The predicted molar refractivity (Wildman–Crippen MR) is 54.7 cm³/mol. The van der Waals surface area contributed by atoms with Crippen LogP contribution in [0.1, 0.15) is 25.6 Å². The Morgan fingerprint density at radius 2 is 2.21 bits per heavy atom. The lowest BCUT2D eigenvalue weighted by Crippen LogP contribution is -2.26. The zero-order chi connectivity index (χ0) is 10.4. The topological polar surface area (TPSA) is 58.0 Å². The average molecular weight is 195 g/mol. The summed E-state index contributed by atoms with van der Waals surface area (Å²) in [5, 5.41) is 12.1. The third-order valence-corrected chi connectivity index (χ3v) is 2.11. The van der Waals surface area contributed by atoms with Crippen molar-refractivity contribution in [1.29, 1.82) is 0 Å². The van der Waals surface area contributed by atoms with E-state index < -0.39 is 0 Å². The molecule has 0 radical (unpaired) electrons. The summed E-state index contributed by atoms with van der Waals surface area (Å²) in [7, 11) is 0. The van der Waals surface area contributed by atoms with Crippen LogP contribution < -0.4 is 5.32 Å². The van der Waals surface area contributed by atoms with Gasteiger partial charge in [-0.05, 0) is 12.8 Å². The molecule has 1 aromatic rings. The Hall–Kier alpha value is -1.00. The molecule has 4 nitrogen and oxygen atoms in total. The van der Waals surface area contributed by atoms with Gasteiger partial charge in [-0.2, -0.15) is 0 Å². The van der Waals surface area contributed by atoms with Crippen molar-refractivity contribution in [2.24, 2.45) is 5.92 Å². The third kappa shape index (κ3) is 3.40. The van der Waals surface area contributed by atoms with E-state index in [0.29, 0.717) is 0 Å². The lowest BCUT2D eigenvalue weighted by Gasteiger charge is -2.15. The molecule has 1 heterocycles. The minimum Gasteiger partial charge on any atom is -0.396 e. The van der Waals surface area contributed by atoms with E-state index in [1.807, 2.05) is 13.8 Å². The molecule has 2 atom stereocenters. The molecule has 2 unspecified atom stereocenters. The molecule has 0 saturated carbocycles. The van der Waals surface area contributed by atoms with Crippen molar-refractivity contribution in [3.63, 3.8) is 0 Å². The molecule has 78 valence electrons. The van der Waals surface area contributed by atoms with Crippen molar-refractivity contribution < 1.29 is 5.11 Å². The van der Waals surface area contributed by atoms with Crippen molar-refractivity contribution in [2.75, 3.05) is 13.2 Å². The molecule has 0 fully saturated rings. The highest BCUT2D eigenvalue weighted by atomic mass is 16.3. The second-order valence-electron chi connectivity index (χ2n) is 3.55. The molecule has 0 saturated heterocycles. The lowest BCUT2D eigenvalue weighted by atomic mass is 10.1. The van der Waals surface area contributed by atoms with Gasteiger partial charge in [0.25, 0.3) is 0 Å². The van der Waals surface area contributed by atoms with Gasteiger partial charge in [0.15, 0.2) is 0 Å². The monoisotopic (exact) mass is 195 g/mol. The van der Waals surface area contributed by atoms with E-state index in [9.17, 15) is 0 Å². The first-order valence-corrected chi connectivity index (χ1v) is 4.84. The predicted octanol–water partition coefficient (Wildman–Crippen LogP) is 0.756. The van der Waals surface area contributed by atoms with E-state index in [2.05, 4.69) is 15.3 Å². The summed E-state index contributed by atoms with van der Waals surface area (Å²) in [5.74, 6) is 0.272. The molecule has 4 heteroatoms. The molecule has 0 aliphatic rings. The van der Waals surface area contributed by atoms with Gasteiger partial charge in [-0.15, -0.1) is 0 Å². The smallest absolute Gasteiger partial charge is 0.0753 e. The Morgan fingerprint density at radius 1 is 1.43 bits per heavy atom. The van der Waals surface area contributed by atoms with Crippen molar-refractivity contribution in [3.05, 3.63) is 24.3 Å². The summed E-state index contributed by atoms with van der Waals surface area (Å²) in [5.41, 5.74) is 0.928. The second-order valence-corrected chi connectivity index (χ2v) is 3.55. The quantitative estimate of drug-likeness (QED) is 0.728. The Kier molecular flexibility index (Phi) is 4.49. The van der Waals surface area contributed by atoms with E-state index in [0.717, 1.165) is 12.2 Å². The molecule has 1 aromatic heterocycles. The Labute approximate surface area is 84.4 Å². The molecule has 0 bridgehead atoms. The summed E-state index contributed by atoms with van der Waals surface area (Å²) in [6.45, 7) is 5.03. The van der Waals surface area contributed by atoms with Gasteiger partial charge in [-0.1, -0.05) is 6.92 Å². The van der Waals surface area contributed by atoms with Gasteiger partial charge in [-0.25, -0.2) is 0 Å². The van der Waals surface area contributed by atoms with Crippen LogP contribution in [0.15, 0.2) is 18.6 Å². The highest BCUT2D eigenvalue weighted by Gasteiger charge is 2.07. The summed E-state index contributed by atoms with van der Waals surface area (Å²) in [6.07, 6.45) is 5.09. The standard InChI is InChI=1S/C10H17N3O/c1-8(7-14)5-13-9(2)10-6-11-3-4-12-10/h3-4,6,8-9,13-14H,5,7H2,1-2H3. The Morgan fingerprint density at radius 3 is 2.79 bits per heavy atom. The summed E-state index contributed by atoms with van der Waals surface area (Å²) >= 11 is 0. The zero-order valence-electron chi connectivity index (χ0n) is 8.64. The molecular formula is C10H17N3O. The minimum absolute atomic E-state index is 0.178. The van der Waals surface area contributed by atoms with Crippen molar-refractivity contribution in [2.45, 2.75) is 19.9 Å². The van der Waals surface area contributed by atoms with Gasteiger partial charge in [0, 0.05) is 37.8 Å². The fourth-order valence-electron chi connectivity index (χ4n) is 1.08. The van der Waals surface area contributed by atoms with Gasteiger partial charge in [0.05, 0.1) is 5.69 Å². The molecule has 0 spiro atoms. The summed E-state index contributed by atoms with van der Waals surface area (Å²) in [4.78, 5) is 8.20. The molecule has 14 heavy (non-hydrogen) atoms. The van der Waals surface area contributed by atoms with Crippen LogP contribution in [-0.4, -0.2) is 28.2 Å². The van der Waals surface area contributed by atoms with Crippen LogP contribution in [0.2, 0.25) is 0 Å². The molecule has 0 aromatic carbocycles. The van der Waals surface area contributed by atoms with Crippen molar-refractivity contribution >= 4 is 0 Å². The second kappa shape index (κ2) is 5.67. The van der Waals surface area contributed by atoms with Crippen LogP contribution in [0.3, 0.4) is 0 Å². The van der Waals surface area contributed by atoms with E-state index >= 15 is 0 Å². The Balaban J connectivity index is 2.39. The maximum atomic E-state index is 8.85. The van der Waals surface area contributed by atoms with Crippen LogP contribution in [0, 0.1) is 5.92 Å². The van der Waals surface area contributed by atoms with Crippen LogP contribution in [0.25, 0.3) is 0 Å². The van der Waals surface area contributed by atoms with Crippen LogP contribution in [-0.2, 0) is 0 Å². The van der Waals surface area contributed by atoms with Crippen LogP contribution in [0.5, 0.6) is 0 Å². The van der Waals surface area contributed by atoms with E-state index in [4.69, 9.17) is 5.11 Å². The largest absolute Gasteiger partial charge is 0.396 e. The van der Waals surface area contributed by atoms with Gasteiger partial charge in [-0.3, -0.25) is 9.97 Å². The van der Waals surface area contributed by atoms with Gasteiger partial charge in [0.2, 0.25) is 0 Å². The summed E-state index contributed by atoms with van der Waals surface area (Å²) < 4.78 is 0. The number of hydrogen-bond donors (Lipinski definition) is 2. The highest BCUT2D eigenvalue weighted by Crippen LogP contribution is 2.06. The fourth-order valence-corrected chi connectivity index (χ4v) is 1.08. The molecule has 0 aliphatic heterocycles. The van der Waals surface area contributed by atoms with Gasteiger partial charge in [0.1, 0.15) is 0 Å². The molecule has 2 N–H and O–H groups in total. The number of aromatic nitrogens is 2. The molecular weight excluding hydrogens is 178 g/mol. The number of nitrogens with zero attached hydrogens (tertiary/aromatic N) is 2. The maximum absolute atomic E-state index is 8.85. The number of aliphatic hydroxyl groups excluding tert-OH is 1. The first-order valence-electron chi connectivity index (χ1n) is 4.84. The van der Waals surface area contributed by atoms with Crippen LogP contribution >= 0.6 is 0 Å². The van der Waals surface area contributed by atoms with E-state index in [1.165, 1.54) is 0 Å². The maximum Gasteiger partial charge on any atom is 0.0753 e. The normalized spacial score (nSPS) is 15.1. The number of aliphatic hydroxyl groups is 1. The highest BCUT2D eigenvalue weighted by molar-refractivity contribution is 5.00. The first-order chi connectivity index (χ1) is 6.74. The lowest BCUT2D eigenvalue weighted by molar-refractivity contribution is 0.230. The minimum atomic E-state index is 0.178. The Bertz CT molecular complexity index is 253. The van der Waals surface area contributed by atoms with Gasteiger partial charge < -0.3 is 10.4 Å².